The molecule has 0 spiro atoms. The number of hydrogen-bond acceptors (Lipinski definition) is 3. The minimum atomic E-state index is -3.82. The molecule has 2 N–H and O–H groups in total. The first-order valence-electron chi connectivity index (χ1n) is 5.38. The molecule has 3 atom stereocenters. The van der Waals surface area contributed by atoms with Gasteiger partial charge in [0.05, 0.1) is 6.10 Å². The Morgan fingerprint density at radius 1 is 1.33 bits per heavy atom. The Bertz CT molecular complexity index is 376. The molecule has 0 radical (unpaired) electrons. The van der Waals surface area contributed by atoms with Crippen molar-refractivity contribution < 1.29 is 12.6 Å². The van der Waals surface area contributed by atoms with E-state index in [4.69, 9.17) is 9.32 Å². The van der Waals surface area contributed by atoms with Crippen molar-refractivity contribution >= 4 is 10.3 Å². The van der Waals surface area contributed by atoms with Crippen LogP contribution in [0.1, 0.15) is 40.0 Å². The van der Waals surface area contributed by atoms with E-state index in [9.17, 15) is 8.42 Å². The molecule has 2 aliphatic rings. The van der Waals surface area contributed by atoms with Crippen molar-refractivity contribution in [3.05, 3.63) is 0 Å². The first-order chi connectivity index (χ1) is 6.67. The molecular formula is C10H19NO3S. The average molecular weight is 233 g/mol. The summed E-state index contributed by atoms with van der Waals surface area (Å²) in [7, 11) is -3.82. The van der Waals surface area contributed by atoms with E-state index < -0.39 is 10.3 Å². The lowest BCUT2D eigenvalue weighted by Crippen LogP contribution is -2.39. The predicted octanol–water partition coefficient (Wildman–Crippen LogP) is 1.42. The van der Waals surface area contributed by atoms with Crippen LogP contribution in [0.25, 0.3) is 0 Å². The van der Waals surface area contributed by atoms with Crippen LogP contribution in [0.4, 0.5) is 0 Å². The zero-order valence-corrected chi connectivity index (χ0v) is 10.3. The molecule has 0 saturated heterocycles. The SMILES string of the molecule is CC1(C)[C@H]2CC[C@@]1(C)[C@H](OS(N)(=O)=O)C2. The van der Waals surface area contributed by atoms with E-state index in [1.165, 1.54) is 6.42 Å². The highest BCUT2D eigenvalue weighted by molar-refractivity contribution is 7.84. The molecule has 0 unspecified atom stereocenters. The fraction of sp³-hybridized carbons (Fsp3) is 1.00. The second-order valence-corrected chi connectivity index (χ2v) is 6.87. The first-order valence-corrected chi connectivity index (χ1v) is 6.85. The topological polar surface area (TPSA) is 69.4 Å². The molecule has 0 aliphatic heterocycles. The van der Waals surface area contributed by atoms with Gasteiger partial charge in [-0.3, -0.25) is 4.18 Å². The molecule has 2 fully saturated rings. The summed E-state index contributed by atoms with van der Waals surface area (Å²) < 4.78 is 27.0. The van der Waals surface area contributed by atoms with Crippen LogP contribution in [-0.4, -0.2) is 14.5 Å². The van der Waals surface area contributed by atoms with Gasteiger partial charge >= 0.3 is 10.3 Å². The zero-order valence-electron chi connectivity index (χ0n) is 9.49. The second kappa shape index (κ2) is 2.96. The molecule has 0 aromatic heterocycles. The van der Waals surface area contributed by atoms with Gasteiger partial charge in [-0.1, -0.05) is 20.8 Å². The lowest BCUT2D eigenvalue weighted by molar-refractivity contribution is 0.0346. The maximum absolute atomic E-state index is 11.0. The number of hydrogen-bond donors (Lipinski definition) is 1. The first kappa shape index (κ1) is 11.4. The summed E-state index contributed by atoms with van der Waals surface area (Å²) in [4.78, 5) is 0. The summed E-state index contributed by atoms with van der Waals surface area (Å²) in [6.07, 6.45) is 2.79. The minimum Gasteiger partial charge on any atom is -0.254 e. The van der Waals surface area contributed by atoms with Crippen molar-refractivity contribution in [3.8, 4) is 0 Å². The van der Waals surface area contributed by atoms with E-state index >= 15 is 0 Å². The van der Waals surface area contributed by atoms with Gasteiger partial charge in [0.2, 0.25) is 0 Å². The highest BCUT2D eigenvalue weighted by Gasteiger charge is 2.62. The van der Waals surface area contributed by atoms with Crippen LogP contribution in [0.5, 0.6) is 0 Å². The van der Waals surface area contributed by atoms with Crippen LogP contribution in [0, 0.1) is 16.7 Å². The van der Waals surface area contributed by atoms with Crippen LogP contribution in [0.15, 0.2) is 0 Å². The quantitative estimate of drug-likeness (QED) is 0.784. The molecule has 0 heterocycles. The zero-order chi connectivity index (χ0) is 11.5. The van der Waals surface area contributed by atoms with Crippen LogP contribution in [0.3, 0.4) is 0 Å². The van der Waals surface area contributed by atoms with Gasteiger partial charge in [-0.25, -0.2) is 5.14 Å². The number of fused-ring (bicyclic) bond motifs is 2. The van der Waals surface area contributed by atoms with Crippen molar-refractivity contribution in [2.24, 2.45) is 21.9 Å². The normalized spacial score (nSPS) is 43.5. The van der Waals surface area contributed by atoms with E-state index in [1.807, 2.05) is 0 Å². The Hall–Kier alpha value is -0.130. The van der Waals surface area contributed by atoms with Gasteiger partial charge in [-0.05, 0) is 30.6 Å². The molecule has 0 aromatic carbocycles. The molecule has 5 heteroatoms. The van der Waals surface area contributed by atoms with Crippen molar-refractivity contribution in [1.82, 2.24) is 0 Å². The molecule has 2 bridgehead atoms. The minimum absolute atomic E-state index is 0.0515. The molecule has 0 aromatic rings. The second-order valence-electron chi connectivity index (χ2n) is 5.69. The Balaban J connectivity index is 2.27. The highest BCUT2D eigenvalue weighted by Crippen LogP contribution is 2.66. The third kappa shape index (κ3) is 1.52. The van der Waals surface area contributed by atoms with E-state index in [1.54, 1.807) is 0 Å². The highest BCUT2D eigenvalue weighted by atomic mass is 32.2. The summed E-state index contributed by atoms with van der Waals surface area (Å²) in [6.45, 7) is 6.53. The molecule has 2 saturated carbocycles. The predicted molar refractivity (Wildman–Crippen MR) is 57.2 cm³/mol. The lowest BCUT2D eigenvalue weighted by atomic mass is 9.70. The third-order valence-corrected chi connectivity index (χ3v) is 5.46. The molecule has 4 nitrogen and oxygen atoms in total. The van der Waals surface area contributed by atoms with Crippen LogP contribution in [0.2, 0.25) is 0 Å². The molecule has 0 amide bonds. The Morgan fingerprint density at radius 2 is 1.93 bits per heavy atom. The maximum atomic E-state index is 11.0. The fourth-order valence-corrected chi connectivity index (χ4v) is 4.05. The third-order valence-electron chi connectivity index (χ3n) is 4.96. The van der Waals surface area contributed by atoms with E-state index in [0.29, 0.717) is 5.92 Å². The van der Waals surface area contributed by atoms with Crippen LogP contribution < -0.4 is 5.14 Å². The van der Waals surface area contributed by atoms with Crippen LogP contribution in [-0.2, 0) is 14.5 Å². The largest absolute Gasteiger partial charge is 0.333 e. The molecular weight excluding hydrogens is 214 g/mol. The standard InChI is InChI=1S/C10H19NO3S/c1-9(2)7-4-5-10(9,3)8(6-7)14-15(11,12)13/h7-8H,4-6H2,1-3H3,(H2,11,12,13)/t7-,8+,10-/m0/s1. The smallest absolute Gasteiger partial charge is 0.254 e. The van der Waals surface area contributed by atoms with Gasteiger partial charge in [-0.2, -0.15) is 8.42 Å². The van der Waals surface area contributed by atoms with Gasteiger partial charge in [0.25, 0.3) is 0 Å². The van der Waals surface area contributed by atoms with Crippen molar-refractivity contribution in [1.29, 1.82) is 0 Å². The molecule has 2 rings (SSSR count). The van der Waals surface area contributed by atoms with Crippen molar-refractivity contribution in [2.75, 3.05) is 0 Å². The van der Waals surface area contributed by atoms with Crippen molar-refractivity contribution in [3.63, 3.8) is 0 Å². The van der Waals surface area contributed by atoms with Gasteiger partial charge in [0, 0.05) is 5.41 Å². The molecule has 88 valence electrons. The summed E-state index contributed by atoms with van der Waals surface area (Å²) in [5.41, 5.74) is 0.104. The summed E-state index contributed by atoms with van der Waals surface area (Å²) >= 11 is 0. The molecule has 2 aliphatic carbocycles. The fourth-order valence-electron chi connectivity index (χ4n) is 3.44. The lowest BCUT2D eigenvalue weighted by Gasteiger charge is -2.38. The van der Waals surface area contributed by atoms with Crippen molar-refractivity contribution in [2.45, 2.75) is 46.1 Å². The molecule has 15 heavy (non-hydrogen) atoms. The van der Waals surface area contributed by atoms with Gasteiger partial charge in [0.1, 0.15) is 0 Å². The Kier molecular flexibility index (Phi) is 2.24. The van der Waals surface area contributed by atoms with Gasteiger partial charge in [-0.15, -0.1) is 0 Å². The average Bonchev–Trinajstić information content (AvgIpc) is 2.34. The van der Waals surface area contributed by atoms with E-state index in [-0.39, 0.29) is 16.9 Å². The Labute approximate surface area is 91.4 Å². The summed E-state index contributed by atoms with van der Waals surface area (Å²) in [6, 6.07) is 0. The Morgan fingerprint density at radius 3 is 2.27 bits per heavy atom. The van der Waals surface area contributed by atoms with E-state index in [2.05, 4.69) is 20.8 Å². The summed E-state index contributed by atoms with van der Waals surface area (Å²) in [5.74, 6) is 0.564. The maximum Gasteiger partial charge on any atom is 0.333 e. The van der Waals surface area contributed by atoms with Gasteiger partial charge < -0.3 is 0 Å². The van der Waals surface area contributed by atoms with Crippen LogP contribution >= 0.6 is 0 Å². The monoisotopic (exact) mass is 233 g/mol. The van der Waals surface area contributed by atoms with E-state index in [0.717, 1.165) is 12.8 Å². The van der Waals surface area contributed by atoms with Gasteiger partial charge in [0.15, 0.2) is 0 Å². The summed E-state index contributed by atoms with van der Waals surface area (Å²) in [5, 5.41) is 4.94. The number of nitrogens with two attached hydrogens (primary N) is 1. The number of rotatable bonds is 2.